The Bertz CT molecular complexity index is 659. The molecule has 0 heterocycles. The van der Waals surface area contributed by atoms with Crippen LogP contribution in [0.25, 0.3) is 0 Å². The van der Waals surface area contributed by atoms with Gasteiger partial charge >= 0.3 is 5.97 Å². The van der Waals surface area contributed by atoms with Crippen molar-refractivity contribution in [3.63, 3.8) is 0 Å². The van der Waals surface area contributed by atoms with E-state index in [4.69, 9.17) is 4.74 Å². The van der Waals surface area contributed by atoms with E-state index < -0.39 is 11.4 Å². The molecule has 0 aromatic heterocycles. The zero-order valence-corrected chi connectivity index (χ0v) is 15.6. The van der Waals surface area contributed by atoms with Crippen molar-refractivity contribution in [2.45, 2.75) is 71.1 Å². The highest BCUT2D eigenvalue weighted by Gasteiger charge is 2.57. The first-order chi connectivity index (χ1) is 11.2. The minimum Gasteiger partial charge on any atom is -0.496 e. The second kappa shape index (κ2) is 5.79. The Morgan fingerprint density at radius 1 is 1.29 bits per heavy atom. The summed E-state index contributed by atoms with van der Waals surface area (Å²) in [6.07, 6.45) is 4.78. The van der Waals surface area contributed by atoms with Crippen LogP contribution in [0.1, 0.15) is 76.0 Å². The van der Waals surface area contributed by atoms with Crippen LogP contribution in [0.4, 0.5) is 0 Å². The van der Waals surface area contributed by atoms with Gasteiger partial charge in [0.1, 0.15) is 5.75 Å². The Kier molecular flexibility index (Phi) is 4.17. The number of hydrogen-bond donors (Lipinski definition) is 1. The van der Waals surface area contributed by atoms with Gasteiger partial charge in [0.25, 0.3) is 0 Å². The fraction of sp³-hybridized carbons (Fsp3) is 0.667. The maximum atomic E-state index is 12.5. The van der Waals surface area contributed by atoms with E-state index >= 15 is 0 Å². The number of rotatable bonds is 3. The van der Waals surface area contributed by atoms with Gasteiger partial charge in [0.15, 0.2) is 0 Å². The Morgan fingerprint density at radius 2 is 2.00 bits per heavy atom. The first-order valence-corrected chi connectivity index (χ1v) is 9.18. The molecule has 2 aliphatic carbocycles. The summed E-state index contributed by atoms with van der Waals surface area (Å²) in [6, 6.07) is 4.26. The van der Waals surface area contributed by atoms with Crippen molar-refractivity contribution in [3.8, 4) is 5.75 Å². The van der Waals surface area contributed by atoms with Gasteiger partial charge in [-0.1, -0.05) is 40.2 Å². The van der Waals surface area contributed by atoms with Crippen LogP contribution in [0.5, 0.6) is 5.75 Å². The lowest BCUT2D eigenvalue weighted by Gasteiger charge is -2.53. The van der Waals surface area contributed by atoms with Crippen molar-refractivity contribution < 1.29 is 14.6 Å². The molecule has 2 atom stereocenters. The van der Waals surface area contributed by atoms with Crippen LogP contribution in [-0.2, 0) is 16.6 Å². The largest absolute Gasteiger partial charge is 0.496 e. The topological polar surface area (TPSA) is 46.5 Å². The molecule has 1 saturated carbocycles. The number of benzene rings is 1. The van der Waals surface area contributed by atoms with Gasteiger partial charge in [-0.2, -0.15) is 0 Å². The first kappa shape index (κ1) is 17.3. The van der Waals surface area contributed by atoms with Gasteiger partial charge in [0.2, 0.25) is 0 Å². The maximum absolute atomic E-state index is 12.5. The predicted molar refractivity (Wildman–Crippen MR) is 95.8 cm³/mol. The van der Waals surface area contributed by atoms with Gasteiger partial charge in [-0.3, -0.25) is 4.79 Å². The van der Waals surface area contributed by atoms with E-state index in [1.807, 2.05) is 6.07 Å². The number of ether oxygens (including phenoxy) is 1. The normalized spacial score (nSPS) is 28.2. The third kappa shape index (κ3) is 2.35. The molecule has 3 heteroatoms. The van der Waals surface area contributed by atoms with Crippen LogP contribution in [0, 0.1) is 11.3 Å². The molecule has 1 aromatic rings. The third-order valence-electron chi connectivity index (χ3n) is 6.57. The highest BCUT2D eigenvalue weighted by molar-refractivity contribution is 5.84. The van der Waals surface area contributed by atoms with E-state index in [2.05, 4.69) is 33.8 Å². The van der Waals surface area contributed by atoms with Gasteiger partial charge in [-0.15, -0.1) is 0 Å². The van der Waals surface area contributed by atoms with Crippen molar-refractivity contribution in [2.24, 2.45) is 11.3 Å². The smallest absolute Gasteiger partial charge is 0.314 e. The zero-order valence-electron chi connectivity index (χ0n) is 15.6. The molecule has 1 aromatic carbocycles. The van der Waals surface area contributed by atoms with Crippen molar-refractivity contribution in [3.05, 3.63) is 28.8 Å². The summed E-state index contributed by atoms with van der Waals surface area (Å²) >= 11 is 0. The lowest BCUT2D eigenvalue weighted by Crippen LogP contribution is -2.54. The molecule has 0 amide bonds. The lowest BCUT2D eigenvalue weighted by molar-refractivity contribution is -0.152. The number of aryl methyl sites for hydroxylation is 1. The molecule has 0 bridgehead atoms. The summed E-state index contributed by atoms with van der Waals surface area (Å²) in [4.78, 5) is 12.5. The Hall–Kier alpha value is -1.51. The molecule has 3 rings (SSSR count). The SMILES string of the molecule is COc1cc2c(cc1C(C)C)CC[C@H]1C(C)(C)CCC[C@]21C(=O)O. The summed E-state index contributed by atoms with van der Waals surface area (Å²) in [5, 5.41) is 10.3. The highest BCUT2D eigenvalue weighted by Crippen LogP contribution is 2.58. The van der Waals surface area contributed by atoms with Crippen LogP contribution in [0.2, 0.25) is 0 Å². The Balaban J connectivity index is 2.24. The van der Waals surface area contributed by atoms with E-state index in [1.54, 1.807) is 7.11 Å². The monoisotopic (exact) mass is 330 g/mol. The molecule has 1 fully saturated rings. The molecule has 0 spiro atoms. The average Bonchev–Trinajstić information content (AvgIpc) is 2.52. The third-order valence-corrected chi connectivity index (χ3v) is 6.57. The number of aliphatic carboxylic acids is 1. The summed E-state index contributed by atoms with van der Waals surface area (Å²) in [7, 11) is 1.69. The first-order valence-electron chi connectivity index (χ1n) is 9.18. The highest BCUT2D eigenvalue weighted by atomic mass is 16.5. The van der Waals surface area contributed by atoms with Crippen molar-refractivity contribution in [1.82, 2.24) is 0 Å². The summed E-state index contributed by atoms with van der Waals surface area (Å²) in [5.41, 5.74) is 2.73. The second-order valence-electron chi connectivity index (χ2n) is 8.62. The molecule has 2 aliphatic rings. The van der Waals surface area contributed by atoms with Gasteiger partial charge in [-0.05, 0) is 65.7 Å². The zero-order chi connectivity index (χ0) is 17.7. The number of methoxy groups -OCH3 is 1. The van der Waals surface area contributed by atoms with E-state index in [0.29, 0.717) is 5.92 Å². The number of carboxylic acids is 1. The van der Waals surface area contributed by atoms with E-state index in [-0.39, 0.29) is 11.3 Å². The molecule has 132 valence electrons. The quantitative estimate of drug-likeness (QED) is 0.856. The molecule has 0 unspecified atom stereocenters. The molecular weight excluding hydrogens is 300 g/mol. The fourth-order valence-corrected chi connectivity index (χ4v) is 5.36. The minimum absolute atomic E-state index is 0.0677. The maximum Gasteiger partial charge on any atom is 0.314 e. The standard InChI is InChI=1S/C21H30O3/c1-13(2)15-11-14-7-8-18-20(3,4)9-6-10-21(18,19(22)23)16(14)12-17(15)24-5/h11-13,18H,6-10H2,1-5H3,(H,22,23)/t18-,21-/m0/s1. The lowest BCUT2D eigenvalue weighted by atomic mass is 9.49. The van der Waals surface area contributed by atoms with Crippen LogP contribution >= 0.6 is 0 Å². The molecule has 24 heavy (non-hydrogen) atoms. The van der Waals surface area contributed by atoms with Crippen molar-refractivity contribution in [1.29, 1.82) is 0 Å². The summed E-state index contributed by atoms with van der Waals surface area (Å²) < 4.78 is 5.64. The van der Waals surface area contributed by atoms with Crippen molar-refractivity contribution in [2.75, 3.05) is 7.11 Å². The molecule has 0 radical (unpaired) electrons. The summed E-state index contributed by atoms with van der Waals surface area (Å²) in [5.74, 6) is 0.749. The Labute approximate surface area is 145 Å². The molecule has 1 N–H and O–H groups in total. The van der Waals surface area contributed by atoms with Gasteiger partial charge in [0.05, 0.1) is 12.5 Å². The van der Waals surface area contributed by atoms with Crippen LogP contribution in [0.15, 0.2) is 12.1 Å². The van der Waals surface area contributed by atoms with E-state index in [1.165, 1.54) is 11.1 Å². The number of carboxylic acid groups (broad SMARTS) is 1. The Morgan fingerprint density at radius 3 is 2.58 bits per heavy atom. The van der Waals surface area contributed by atoms with Crippen LogP contribution in [0.3, 0.4) is 0 Å². The fourth-order valence-electron chi connectivity index (χ4n) is 5.36. The molecule has 0 saturated heterocycles. The van der Waals surface area contributed by atoms with Gasteiger partial charge in [0, 0.05) is 0 Å². The van der Waals surface area contributed by atoms with E-state index in [9.17, 15) is 9.90 Å². The number of hydrogen-bond acceptors (Lipinski definition) is 2. The predicted octanol–water partition coefficient (Wildman–Crippen LogP) is 4.91. The van der Waals surface area contributed by atoms with Gasteiger partial charge in [-0.25, -0.2) is 0 Å². The molecule has 3 nitrogen and oxygen atoms in total. The average molecular weight is 330 g/mol. The van der Waals surface area contributed by atoms with Crippen molar-refractivity contribution >= 4 is 5.97 Å². The minimum atomic E-state index is -0.752. The van der Waals surface area contributed by atoms with Crippen LogP contribution < -0.4 is 4.74 Å². The molecule has 0 aliphatic heterocycles. The second-order valence-corrected chi connectivity index (χ2v) is 8.62. The molecular formula is C21H30O3. The van der Waals surface area contributed by atoms with E-state index in [0.717, 1.165) is 43.4 Å². The van der Waals surface area contributed by atoms with Crippen LogP contribution in [-0.4, -0.2) is 18.2 Å². The van der Waals surface area contributed by atoms with Gasteiger partial charge < -0.3 is 9.84 Å². The number of carbonyl (C=O) groups is 1. The summed E-state index contributed by atoms with van der Waals surface area (Å²) in [6.45, 7) is 8.82. The number of fused-ring (bicyclic) bond motifs is 3.